The predicted molar refractivity (Wildman–Crippen MR) is 83.1 cm³/mol. The highest BCUT2D eigenvalue weighted by Gasteiger charge is 2.42. The van der Waals surface area contributed by atoms with E-state index < -0.39 is 0 Å². The summed E-state index contributed by atoms with van der Waals surface area (Å²) in [5.74, 6) is 0.152. The van der Waals surface area contributed by atoms with E-state index in [4.69, 9.17) is 16.3 Å². The second kappa shape index (κ2) is 6.23. The van der Waals surface area contributed by atoms with Crippen LogP contribution in [0.3, 0.4) is 0 Å². The summed E-state index contributed by atoms with van der Waals surface area (Å²) < 4.78 is 19.9. The molecule has 1 aromatic rings. The fourth-order valence-corrected chi connectivity index (χ4v) is 4.22. The highest BCUT2D eigenvalue weighted by atomic mass is 35.5. The summed E-state index contributed by atoms with van der Waals surface area (Å²) in [4.78, 5) is 0. The number of nitrogens with one attached hydrogen (secondary N) is 1. The van der Waals surface area contributed by atoms with Gasteiger partial charge in [-0.05, 0) is 56.3 Å². The maximum Gasteiger partial charge on any atom is 0.142 e. The van der Waals surface area contributed by atoms with Gasteiger partial charge in [-0.1, -0.05) is 30.5 Å². The van der Waals surface area contributed by atoms with Crippen LogP contribution in [0.1, 0.15) is 50.1 Å². The molecule has 0 bridgehead atoms. The molecule has 2 nitrogen and oxygen atoms in total. The van der Waals surface area contributed by atoms with Gasteiger partial charge in [0, 0.05) is 12.6 Å². The lowest BCUT2D eigenvalue weighted by molar-refractivity contribution is -0.0979. The molecule has 1 N–H and O–H groups in total. The Morgan fingerprint density at radius 1 is 1.38 bits per heavy atom. The van der Waals surface area contributed by atoms with Crippen LogP contribution in [0, 0.1) is 11.7 Å². The number of benzene rings is 1. The highest BCUT2D eigenvalue weighted by molar-refractivity contribution is 6.30. The SMILES string of the molecule is CNC(c1ccc(Cl)c(F)c1)C1CCOC2(CCCC2)C1. The Bertz CT molecular complexity index is 502. The van der Waals surface area contributed by atoms with Crippen LogP contribution in [-0.4, -0.2) is 19.3 Å². The van der Waals surface area contributed by atoms with Gasteiger partial charge in [0.25, 0.3) is 0 Å². The first-order valence-electron chi connectivity index (χ1n) is 7.90. The summed E-state index contributed by atoms with van der Waals surface area (Å²) in [5.41, 5.74) is 1.07. The molecule has 0 amide bonds. The van der Waals surface area contributed by atoms with Crippen molar-refractivity contribution in [2.75, 3.05) is 13.7 Å². The van der Waals surface area contributed by atoms with E-state index in [-0.39, 0.29) is 22.5 Å². The van der Waals surface area contributed by atoms with Gasteiger partial charge in [0.15, 0.2) is 0 Å². The van der Waals surface area contributed by atoms with E-state index in [2.05, 4.69) is 5.32 Å². The second-order valence-electron chi connectivity index (χ2n) is 6.43. The number of hydrogen-bond donors (Lipinski definition) is 1. The molecular formula is C17H23ClFNO. The predicted octanol–water partition coefficient (Wildman–Crippen LogP) is 4.48. The summed E-state index contributed by atoms with van der Waals surface area (Å²) in [6.07, 6.45) is 6.99. The van der Waals surface area contributed by atoms with E-state index in [1.54, 1.807) is 12.1 Å². The zero-order chi connectivity index (χ0) is 14.9. The minimum absolute atomic E-state index is 0.0863. The third kappa shape index (κ3) is 3.10. The van der Waals surface area contributed by atoms with Crippen molar-refractivity contribution < 1.29 is 9.13 Å². The van der Waals surface area contributed by atoms with E-state index in [9.17, 15) is 4.39 Å². The first-order valence-corrected chi connectivity index (χ1v) is 8.27. The minimum Gasteiger partial charge on any atom is -0.375 e. The summed E-state index contributed by atoms with van der Waals surface area (Å²) in [7, 11) is 1.95. The molecule has 2 aliphatic rings. The molecule has 0 radical (unpaired) electrons. The van der Waals surface area contributed by atoms with Crippen LogP contribution in [0.4, 0.5) is 4.39 Å². The number of hydrogen-bond acceptors (Lipinski definition) is 2. The van der Waals surface area contributed by atoms with Crippen LogP contribution in [0.5, 0.6) is 0 Å². The summed E-state index contributed by atoms with van der Waals surface area (Å²) >= 11 is 5.80. The smallest absolute Gasteiger partial charge is 0.142 e. The molecule has 1 heterocycles. The lowest BCUT2D eigenvalue weighted by Gasteiger charge is -2.41. The van der Waals surface area contributed by atoms with Gasteiger partial charge >= 0.3 is 0 Å². The number of rotatable bonds is 3. The van der Waals surface area contributed by atoms with Gasteiger partial charge < -0.3 is 10.1 Å². The summed E-state index contributed by atoms with van der Waals surface area (Å²) in [6.45, 7) is 0.818. The molecule has 1 spiro atoms. The average molecular weight is 312 g/mol. The summed E-state index contributed by atoms with van der Waals surface area (Å²) in [5, 5.41) is 3.56. The van der Waals surface area contributed by atoms with Gasteiger partial charge in [0.1, 0.15) is 5.82 Å². The van der Waals surface area contributed by atoms with Gasteiger partial charge in [-0.2, -0.15) is 0 Å². The molecule has 116 valence electrons. The lowest BCUT2D eigenvalue weighted by Crippen LogP contribution is -2.41. The van der Waals surface area contributed by atoms with Crippen LogP contribution in [0.15, 0.2) is 18.2 Å². The van der Waals surface area contributed by atoms with Gasteiger partial charge in [0.2, 0.25) is 0 Å². The molecule has 1 aromatic carbocycles. The van der Waals surface area contributed by atoms with Crippen molar-refractivity contribution in [3.8, 4) is 0 Å². The fraction of sp³-hybridized carbons (Fsp3) is 0.647. The van der Waals surface area contributed by atoms with E-state index in [0.717, 1.165) is 25.0 Å². The Labute approximate surface area is 131 Å². The van der Waals surface area contributed by atoms with Gasteiger partial charge in [-0.15, -0.1) is 0 Å². The van der Waals surface area contributed by atoms with Crippen LogP contribution in [-0.2, 0) is 4.74 Å². The zero-order valence-electron chi connectivity index (χ0n) is 12.5. The lowest BCUT2D eigenvalue weighted by atomic mass is 9.78. The maximum atomic E-state index is 13.8. The molecule has 2 fully saturated rings. The topological polar surface area (TPSA) is 21.3 Å². The third-order valence-electron chi connectivity index (χ3n) is 5.13. The Balaban J connectivity index is 1.80. The van der Waals surface area contributed by atoms with Crippen LogP contribution < -0.4 is 5.32 Å². The van der Waals surface area contributed by atoms with E-state index >= 15 is 0 Å². The first kappa shape index (κ1) is 15.3. The van der Waals surface area contributed by atoms with Crippen molar-refractivity contribution >= 4 is 11.6 Å². The monoisotopic (exact) mass is 311 g/mol. The largest absolute Gasteiger partial charge is 0.375 e. The molecule has 1 saturated carbocycles. The quantitative estimate of drug-likeness (QED) is 0.888. The Hall–Kier alpha value is -0.640. The number of halogens is 2. The second-order valence-corrected chi connectivity index (χ2v) is 6.84. The zero-order valence-corrected chi connectivity index (χ0v) is 13.3. The third-order valence-corrected chi connectivity index (χ3v) is 5.44. The van der Waals surface area contributed by atoms with Crippen molar-refractivity contribution in [2.45, 2.75) is 50.2 Å². The van der Waals surface area contributed by atoms with Crippen molar-refractivity contribution in [1.82, 2.24) is 5.32 Å². The average Bonchev–Trinajstić information content (AvgIpc) is 2.91. The van der Waals surface area contributed by atoms with E-state index in [1.165, 1.54) is 25.7 Å². The van der Waals surface area contributed by atoms with Crippen LogP contribution >= 0.6 is 11.6 Å². The van der Waals surface area contributed by atoms with Crippen molar-refractivity contribution in [3.05, 3.63) is 34.6 Å². The molecule has 1 aliphatic carbocycles. The van der Waals surface area contributed by atoms with E-state index in [1.807, 2.05) is 13.1 Å². The summed E-state index contributed by atoms with van der Waals surface area (Å²) in [6, 6.07) is 5.32. The molecule has 2 unspecified atom stereocenters. The maximum absolute atomic E-state index is 13.8. The fourth-order valence-electron chi connectivity index (χ4n) is 4.10. The molecule has 3 rings (SSSR count). The van der Waals surface area contributed by atoms with Crippen LogP contribution in [0.25, 0.3) is 0 Å². The van der Waals surface area contributed by atoms with E-state index in [0.29, 0.717) is 5.92 Å². The van der Waals surface area contributed by atoms with Crippen molar-refractivity contribution in [1.29, 1.82) is 0 Å². The molecule has 0 aromatic heterocycles. The molecular weight excluding hydrogens is 289 g/mol. The Morgan fingerprint density at radius 3 is 2.81 bits per heavy atom. The molecule has 1 aliphatic heterocycles. The minimum atomic E-state index is -0.336. The van der Waals surface area contributed by atoms with Gasteiger partial charge in [-0.25, -0.2) is 4.39 Å². The van der Waals surface area contributed by atoms with Crippen molar-refractivity contribution in [3.63, 3.8) is 0 Å². The molecule has 21 heavy (non-hydrogen) atoms. The van der Waals surface area contributed by atoms with Crippen molar-refractivity contribution in [2.24, 2.45) is 5.92 Å². The van der Waals surface area contributed by atoms with Crippen LogP contribution in [0.2, 0.25) is 5.02 Å². The number of ether oxygens (including phenoxy) is 1. The molecule has 2 atom stereocenters. The first-order chi connectivity index (χ1) is 10.1. The normalized spacial score (nSPS) is 26.1. The molecule has 1 saturated heterocycles. The highest BCUT2D eigenvalue weighted by Crippen LogP contribution is 2.45. The molecule has 4 heteroatoms. The Kier molecular flexibility index (Phi) is 4.53. The van der Waals surface area contributed by atoms with Gasteiger partial charge in [-0.3, -0.25) is 0 Å². The van der Waals surface area contributed by atoms with Gasteiger partial charge in [0.05, 0.1) is 10.6 Å². The Morgan fingerprint density at radius 2 is 2.14 bits per heavy atom. The standard InChI is InChI=1S/C17H23ClFNO/c1-20-16(12-4-5-14(18)15(19)10-12)13-6-9-21-17(11-13)7-2-3-8-17/h4-5,10,13,16,20H,2-3,6-9,11H2,1H3.